The zero-order chi connectivity index (χ0) is 21.8. The summed E-state index contributed by atoms with van der Waals surface area (Å²) in [6, 6.07) is 7.49. The van der Waals surface area contributed by atoms with Gasteiger partial charge >= 0.3 is 11.9 Å². The van der Waals surface area contributed by atoms with Crippen molar-refractivity contribution in [1.82, 2.24) is 10.3 Å². The van der Waals surface area contributed by atoms with Gasteiger partial charge < -0.3 is 24.4 Å². The van der Waals surface area contributed by atoms with Gasteiger partial charge in [-0.3, -0.25) is 0 Å². The summed E-state index contributed by atoms with van der Waals surface area (Å²) in [4.78, 5) is 24.0. The highest BCUT2D eigenvalue weighted by Crippen LogP contribution is 2.39. The summed E-state index contributed by atoms with van der Waals surface area (Å²) in [6.45, 7) is 0. The fourth-order valence-corrected chi connectivity index (χ4v) is 3.08. The van der Waals surface area contributed by atoms with Crippen LogP contribution in [0.25, 0.3) is 16.6 Å². The second-order valence-corrected chi connectivity index (χ2v) is 6.14. The molecular formula is C20H18N2O8. The van der Waals surface area contributed by atoms with Crippen LogP contribution < -0.4 is 14.2 Å². The molecule has 3 rings (SSSR count). The first-order valence-electron chi connectivity index (χ1n) is 8.60. The number of ether oxygens (including phenoxy) is 3. The molecule has 10 heteroatoms. The Hall–Kier alpha value is -4.08. The quantitative estimate of drug-likeness (QED) is 0.528. The molecule has 30 heavy (non-hydrogen) atoms. The molecule has 0 fully saturated rings. The van der Waals surface area contributed by atoms with Crippen molar-refractivity contribution >= 4 is 28.5 Å². The van der Waals surface area contributed by atoms with Crippen molar-refractivity contribution in [2.75, 3.05) is 21.3 Å². The number of methoxy groups -OCH3 is 3. The van der Waals surface area contributed by atoms with Crippen LogP contribution in [0.3, 0.4) is 0 Å². The Labute approximate surface area is 170 Å². The molecule has 10 nitrogen and oxygen atoms in total. The first-order chi connectivity index (χ1) is 14.4. The van der Waals surface area contributed by atoms with Crippen molar-refractivity contribution in [3.05, 3.63) is 47.0 Å². The van der Waals surface area contributed by atoms with Gasteiger partial charge in [0.2, 0.25) is 5.75 Å². The molecule has 0 saturated heterocycles. The van der Waals surface area contributed by atoms with Crippen LogP contribution in [0.2, 0.25) is 0 Å². The number of carboxylic acid groups (broad SMARTS) is 2. The summed E-state index contributed by atoms with van der Waals surface area (Å²) in [7, 11) is 4.30. The maximum atomic E-state index is 12.0. The van der Waals surface area contributed by atoms with Gasteiger partial charge in [-0.1, -0.05) is 6.07 Å². The highest BCUT2D eigenvalue weighted by Gasteiger charge is 2.24. The number of hydrogen-bond acceptors (Lipinski definition) is 8. The van der Waals surface area contributed by atoms with E-state index >= 15 is 0 Å². The third kappa shape index (κ3) is 3.88. The molecule has 1 heterocycles. The number of aromatic nitrogens is 2. The minimum Gasteiger partial charge on any atom is -0.493 e. The van der Waals surface area contributed by atoms with Gasteiger partial charge in [0.25, 0.3) is 0 Å². The van der Waals surface area contributed by atoms with Crippen molar-refractivity contribution in [3.8, 4) is 17.2 Å². The first kappa shape index (κ1) is 20.6. The third-order valence-electron chi connectivity index (χ3n) is 4.42. The van der Waals surface area contributed by atoms with Crippen LogP contribution in [0, 0.1) is 0 Å². The average Bonchev–Trinajstić information content (AvgIpc) is 3.20. The van der Waals surface area contributed by atoms with Gasteiger partial charge in [-0.15, -0.1) is 0 Å². The largest absolute Gasteiger partial charge is 0.493 e. The number of rotatable bonds is 8. The van der Waals surface area contributed by atoms with Gasteiger partial charge in [0.1, 0.15) is 11.0 Å². The van der Waals surface area contributed by atoms with Crippen molar-refractivity contribution < 1.29 is 38.6 Å². The molecule has 3 aromatic rings. The normalized spacial score (nSPS) is 11.7. The zero-order valence-electron chi connectivity index (χ0n) is 16.3. The number of hydrogen-bond donors (Lipinski definition) is 2. The molecule has 1 aromatic heterocycles. The zero-order valence-corrected chi connectivity index (χ0v) is 16.3. The molecular weight excluding hydrogens is 396 g/mol. The van der Waals surface area contributed by atoms with E-state index in [9.17, 15) is 19.8 Å². The Morgan fingerprint density at radius 3 is 2.07 bits per heavy atom. The Balaban J connectivity index is 2.16. The van der Waals surface area contributed by atoms with E-state index in [0.717, 1.165) is 0 Å². The highest BCUT2D eigenvalue weighted by atomic mass is 16.6. The minimum atomic E-state index is -1.39. The number of carbonyl (C=O) groups is 2. The van der Waals surface area contributed by atoms with E-state index in [1.54, 1.807) is 12.1 Å². The van der Waals surface area contributed by atoms with Crippen molar-refractivity contribution in [2.24, 2.45) is 0 Å². The van der Waals surface area contributed by atoms with Gasteiger partial charge in [0.05, 0.1) is 32.5 Å². The molecule has 0 atom stereocenters. The van der Waals surface area contributed by atoms with E-state index in [2.05, 4.69) is 14.9 Å². The van der Waals surface area contributed by atoms with Gasteiger partial charge in [0, 0.05) is 6.42 Å². The van der Waals surface area contributed by atoms with Gasteiger partial charge in [-0.25, -0.2) is 14.2 Å². The third-order valence-corrected chi connectivity index (χ3v) is 4.42. The number of aliphatic carboxylic acids is 2. The van der Waals surface area contributed by atoms with E-state index in [0.29, 0.717) is 33.8 Å². The summed E-state index contributed by atoms with van der Waals surface area (Å²) in [6.07, 6.45) is -0.206. The van der Waals surface area contributed by atoms with E-state index in [4.69, 9.17) is 14.2 Å². The molecule has 156 valence electrons. The Kier molecular flexibility index (Phi) is 5.86. The van der Waals surface area contributed by atoms with Crippen LogP contribution >= 0.6 is 0 Å². The topological polar surface area (TPSA) is 141 Å². The number of nitrogens with zero attached hydrogens (tertiary/aromatic N) is 2. The summed E-state index contributed by atoms with van der Waals surface area (Å²) in [5.41, 5.74) is 0.655. The predicted octanol–water partition coefficient (Wildman–Crippen LogP) is 2.41. The molecule has 0 amide bonds. The molecule has 0 aliphatic rings. The average molecular weight is 414 g/mol. The minimum absolute atomic E-state index is 0.163. The number of benzene rings is 2. The van der Waals surface area contributed by atoms with Crippen LogP contribution in [-0.4, -0.2) is 53.8 Å². The SMILES string of the molecule is COc1cc(CC(C(=O)O)=C(C(=O)O)c2ccc3nonc3c2)cc(OC)c1OC. The van der Waals surface area contributed by atoms with E-state index < -0.39 is 11.9 Å². The molecule has 0 saturated carbocycles. The maximum Gasteiger partial charge on any atom is 0.336 e. The van der Waals surface area contributed by atoms with Crippen LogP contribution in [0.4, 0.5) is 0 Å². The summed E-state index contributed by atoms with van der Waals surface area (Å²) < 4.78 is 20.4. The lowest BCUT2D eigenvalue weighted by Crippen LogP contribution is -2.13. The highest BCUT2D eigenvalue weighted by molar-refractivity contribution is 6.22. The van der Waals surface area contributed by atoms with Crippen molar-refractivity contribution in [3.63, 3.8) is 0 Å². The fraction of sp³-hybridized carbons (Fsp3) is 0.200. The lowest BCUT2D eigenvalue weighted by atomic mass is 9.94. The molecule has 0 unspecified atom stereocenters. The van der Waals surface area contributed by atoms with Crippen molar-refractivity contribution in [2.45, 2.75) is 6.42 Å². The van der Waals surface area contributed by atoms with Crippen LogP contribution in [0.1, 0.15) is 11.1 Å². The predicted molar refractivity (Wildman–Crippen MR) is 104 cm³/mol. The Morgan fingerprint density at radius 2 is 1.53 bits per heavy atom. The van der Waals surface area contributed by atoms with Gasteiger partial charge in [-0.2, -0.15) is 0 Å². The van der Waals surface area contributed by atoms with Crippen molar-refractivity contribution in [1.29, 1.82) is 0 Å². The Morgan fingerprint density at radius 1 is 0.900 bits per heavy atom. The van der Waals surface area contributed by atoms with Crippen LogP contribution in [0.5, 0.6) is 17.2 Å². The number of fused-ring (bicyclic) bond motifs is 1. The summed E-state index contributed by atoms with van der Waals surface area (Å²) >= 11 is 0. The maximum absolute atomic E-state index is 12.0. The fourth-order valence-electron chi connectivity index (χ4n) is 3.08. The van der Waals surface area contributed by atoms with Gasteiger partial charge in [-0.05, 0) is 45.7 Å². The monoisotopic (exact) mass is 414 g/mol. The summed E-state index contributed by atoms with van der Waals surface area (Å²) in [5, 5.41) is 26.9. The van der Waals surface area contributed by atoms with Gasteiger partial charge in [0.15, 0.2) is 11.5 Å². The van der Waals surface area contributed by atoms with E-state index in [1.807, 2.05) is 0 Å². The molecule has 0 spiro atoms. The lowest BCUT2D eigenvalue weighted by Gasteiger charge is -2.15. The van der Waals surface area contributed by atoms with E-state index in [-0.39, 0.29) is 23.1 Å². The second kappa shape index (κ2) is 8.52. The molecule has 2 N–H and O–H groups in total. The Bertz CT molecular complexity index is 1120. The van der Waals surface area contributed by atoms with Crippen LogP contribution in [-0.2, 0) is 16.0 Å². The number of carboxylic acids is 2. The summed E-state index contributed by atoms with van der Waals surface area (Å²) in [5.74, 6) is -1.78. The molecule has 0 bridgehead atoms. The first-order valence-corrected chi connectivity index (χ1v) is 8.60. The standard InChI is InChI=1S/C20H18N2O8/c1-27-15-7-10(8-16(28-2)18(15)29-3)6-12(19(23)24)17(20(25)26)11-4-5-13-14(9-11)22-30-21-13/h4-5,7-9H,6H2,1-3H3,(H,23,24)(H,25,26). The smallest absolute Gasteiger partial charge is 0.336 e. The molecule has 0 aliphatic heterocycles. The molecule has 0 radical (unpaired) electrons. The van der Waals surface area contributed by atoms with Crippen LogP contribution in [0.15, 0.2) is 40.5 Å². The molecule has 2 aromatic carbocycles. The van der Waals surface area contributed by atoms with E-state index in [1.165, 1.54) is 39.5 Å². The second-order valence-electron chi connectivity index (χ2n) is 6.14. The lowest BCUT2D eigenvalue weighted by molar-refractivity contribution is -0.134. The molecule has 0 aliphatic carbocycles.